The molecule has 2 rings (SSSR count). The smallest absolute Gasteiger partial charge is 0.319 e. The van der Waals surface area contributed by atoms with Gasteiger partial charge in [0.25, 0.3) is 0 Å². The number of carbonyl (C=O) groups excluding carboxylic acids is 1. The Morgan fingerprint density at radius 1 is 1.21 bits per heavy atom. The van der Waals surface area contributed by atoms with Crippen LogP contribution in [0, 0.1) is 0 Å². The van der Waals surface area contributed by atoms with E-state index < -0.39 is 0 Å². The van der Waals surface area contributed by atoms with E-state index in [1.54, 1.807) is 0 Å². The summed E-state index contributed by atoms with van der Waals surface area (Å²) >= 11 is 5.54. The van der Waals surface area contributed by atoms with Crippen molar-refractivity contribution >= 4 is 43.1 Å². The molecule has 0 aromatic heterocycles. The summed E-state index contributed by atoms with van der Waals surface area (Å²) in [5.41, 5.74) is 1.85. The summed E-state index contributed by atoms with van der Waals surface area (Å²) in [5.74, 6) is 1.20. The van der Waals surface area contributed by atoms with E-state index in [0.29, 0.717) is 12.4 Å². The zero-order valence-electron chi connectivity index (χ0n) is 13.7. The van der Waals surface area contributed by atoms with Crippen molar-refractivity contribution in [2.75, 3.05) is 36.7 Å². The van der Waals surface area contributed by atoms with Gasteiger partial charge in [-0.1, -0.05) is 12.1 Å². The predicted molar refractivity (Wildman–Crippen MR) is 104 cm³/mol. The molecule has 24 heavy (non-hydrogen) atoms. The van der Waals surface area contributed by atoms with Crippen molar-refractivity contribution in [3.05, 3.63) is 48.5 Å². The third-order valence-electron chi connectivity index (χ3n) is 3.14. The molecule has 0 bridgehead atoms. The quantitative estimate of drug-likeness (QED) is 0.584. The molecule has 1 unspecified atom stereocenters. The molecule has 7 heteroatoms. The van der Waals surface area contributed by atoms with Gasteiger partial charge in [0.05, 0.1) is 0 Å². The number of hydrogen-bond donors (Lipinski definition) is 2. The van der Waals surface area contributed by atoms with Crippen LogP contribution >= 0.6 is 20.4 Å². The number of amides is 2. The van der Waals surface area contributed by atoms with E-state index >= 15 is 0 Å². The van der Waals surface area contributed by atoms with E-state index in [-0.39, 0.29) is 14.8 Å². The standard InChI is InChI=1S/C17H21ClN3O2P/c1-21(2)14-6-8-15(9-7-14)23-24-16-5-3-4-13(12-16)20-17(22)19-11-10-18/h3-9,12,24H,10-11H2,1-2H3,(H2,19,20,22). The zero-order valence-corrected chi connectivity index (χ0v) is 15.4. The zero-order chi connectivity index (χ0) is 17.4. The van der Waals surface area contributed by atoms with Gasteiger partial charge in [0.2, 0.25) is 0 Å². The third kappa shape index (κ3) is 5.91. The highest BCUT2D eigenvalue weighted by Crippen LogP contribution is 2.24. The molecule has 5 nitrogen and oxygen atoms in total. The average Bonchev–Trinajstić information content (AvgIpc) is 2.59. The van der Waals surface area contributed by atoms with Gasteiger partial charge in [-0.25, -0.2) is 4.79 Å². The molecule has 0 saturated heterocycles. The number of rotatable bonds is 7. The van der Waals surface area contributed by atoms with Crippen LogP contribution in [0.5, 0.6) is 5.75 Å². The summed E-state index contributed by atoms with van der Waals surface area (Å²) in [6.45, 7) is 0.431. The molecular weight excluding hydrogens is 345 g/mol. The predicted octanol–water partition coefficient (Wildman–Crippen LogP) is 3.41. The van der Waals surface area contributed by atoms with Crippen LogP contribution < -0.4 is 25.4 Å². The van der Waals surface area contributed by atoms with Gasteiger partial charge in [-0.05, 0) is 36.4 Å². The lowest BCUT2D eigenvalue weighted by molar-refractivity contribution is 0.252. The lowest BCUT2D eigenvalue weighted by atomic mass is 10.3. The van der Waals surface area contributed by atoms with Gasteiger partial charge in [0.1, 0.15) is 14.6 Å². The number of carbonyl (C=O) groups is 1. The lowest BCUT2D eigenvalue weighted by Crippen LogP contribution is -2.30. The first-order valence-corrected chi connectivity index (χ1v) is 8.94. The lowest BCUT2D eigenvalue weighted by Gasteiger charge is -2.13. The maximum absolute atomic E-state index is 11.6. The molecule has 2 aromatic carbocycles. The van der Waals surface area contributed by atoms with E-state index in [1.807, 2.05) is 67.5 Å². The molecule has 0 fully saturated rings. The SMILES string of the molecule is CN(C)c1ccc(OPc2cccc(NC(=O)NCCCl)c2)cc1. The Bertz CT molecular complexity index is 665. The molecule has 1 atom stereocenters. The summed E-state index contributed by atoms with van der Waals surface area (Å²) in [4.78, 5) is 13.7. The molecule has 0 aliphatic heterocycles. The van der Waals surface area contributed by atoms with Crippen molar-refractivity contribution in [1.29, 1.82) is 0 Å². The fourth-order valence-electron chi connectivity index (χ4n) is 1.93. The Morgan fingerprint density at radius 2 is 1.96 bits per heavy atom. The van der Waals surface area contributed by atoms with Crippen molar-refractivity contribution in [3.63, 3.8) is 0 Å². The number of halogens is 1. The van der Waals surface area contributed by atoms with Gasteiger partial charge < -0.3 is 20.1 Å². The van der Waals surface area contributed by atoms with E-state index in [0.717, 1.165) is 22.4 Å². The summed E-state index contributed by atoms with van der Waals surface area (Å²) in [5, 5.41) is 6.43. The normalized spacial score (nSPS) is 10.6. The highest BCUT2D eigenvalue weighted by atomic mass is 35.5. The van der Waals surface area contributed by atoms with Crippen LogP contribution in [0.15, 0.2) is 48.5 Å². The fourth-order valence-corrected chi connectivity index (χ4v) is 2.77. The van der Waals surface area contributed by atoms with Gasteiger partial charge >= 0.3 is 6.03 Å². The van der Waals surface area contributed by atoms with Crippen molar-refractivity contribution in [2.24, 2.45) is 0 Å². The molecule has 128 valence electrons. The van der Waals surface area contributed by atoms with Crippen molar-refractivity contribution < 1.29 is 9.32 Å². The summed E-state index contributed by atoms with van der Waals surface area (Å²) in [6.07, 6.45) is 0. The van der Waals surface area contributed by atoms with Gasteiger partial charge in [-0.3, -0.25) is 0 Å². The Hall–Kier alpha value is -1.97. The largest absolute Gasteiger partial charge is 0.472 e. The molecule has 2 N–H and O–H groups in total. The molecule has 0 heterocycles. The van der Waals surface area contributed by atoms with Crippen LogP contribution in [0.25, 0.3) is 0 Å². The van der Waals surface area contributed by atoms with Gasteiger partial charge in [0.15, 0.2) is 0 Å². The number of urea groups is 1. The minimum absolute atomic E-state index is 0.161. The van der Waals surface area contributed by atoms with E-state index in [4.69, 9.17) is 16.1 Å². The second-order valence-electron chi connectivity index (χ2n) is 5.24. The maximum Gasteiger partial charge on any atom is 0.319 e. The summed E-state index contributed by atoms with van der Waals surface area (Å²) in [7, 11) is 4.16. The molecule has 2 aromatic rings. The number of benzene rings is 2. The number of nitrogens with one attached hydrogen (secondary N) is 2. The van der Waals surface area contributed by atoms with Crippen molar-refractivity contribution in [2.45, 2.75) is 0 Å². The first-order valence-electron chi connectivity index (χ1n) is 7.49. The highest BCUT2D eigenvalue weighted by molar-refractivity contribution is 7.42. The van der Waals surface area contributed by atoms with E-state index in [9.17, 15) is 4.79 Å². The van der Waals surface area contributed by atoms with Crippen LogP contribution in [-0.4, -0.2) is 32.6 Å². The topological polar surface area (TPSA) is 53.6 Å². The van der Waals surface area contributed by atoms with Crippen LogP contribution in [0.1, 0.15) is 0 Å². The monoisotopic (exact) mass is 365 g/mol. The summed E-state index contributed by atoms with van der Waals surface area (Å²) < 4.78 is 5.82. The molecule has 0 aliphatic rings. The molecule has 2 amide bonds. The third-order valence-corrected chi connectivity index (χ3v) is 4.21. The molecule has 0 spiro atoms. The van der Waals surface area contributed by atoms with Crippen LogP contribution in [0.2, 0.25) is 0 Å². The van der Waals surface area contributed by atoms with Crippen LogP contribution in [0.3, 0.4) is 0 Å². The fraction of sp³-hybridized carbons (Fsp3) is 0.235. The van der Waals surface area contributed by atoms with Gasteiger partial charge in [-0.15, -0.1) is 11.6 Å². The van der Waals surface area contributed by atoms with Crippen molar-refractivity contribution in [1.82, 2.24) is 5.32 Å². The Balaban J connectivity index is 1.90. The maximum atomic E-state index is 11.6. The van der Waals surface area contributed by atoms with Gasteiger partial charge in [0, 0.05) is 43.2 Å². The van der Waals surface area contributed by atoms with Crippen LogP contribution in [-0.2, 0) is 0 Å². The molecule has 0 aliphatic carbocycles. The average molecular weight is 366 g/mol. The Labute approximate surface area is 149 Å². The van der Waals surface area contributed by atoms with E-state index in [1.165, 1.54) is 0 Å². The Morgan fingerprint density at radius 3 is 2.62 bits per heavy atom. The second-order valence-corrected chi connectivity index (χ2v) is 6.61. The minimum Gasteiger partial charge on any atom is -0.472 e. The number of nitrogens with zero attached hydrogens (tertiary/aromatic N) is 1. The summed E-state index contributed by atoms with van der Waals surface area (Å²) in [6, 6.07) is 15.2. The first-order chi connectivity index (χ1) is 11.6. The minimum atomic E-state index is -0.267. The highest BCUT2D eigenvalue weighted by Gasteiger charge is 2.03. The molecule has 0 saturated carbocycles. The number of alkyl halides is 1. The number of hydrogen-bond acceptors (Lipinski definition) is 3. The second kappa shape index (κ2) is 9.36. The Kier molecular flexibility index (Phi) is 7.16. The molecular formula is C17H21ClN3O2P. The van der Waals surface area contributed by atoms with Crippen molar-refractivity contribution in [3.8, 4) is 5.75 Å². The first kappa shape index (κ1) is 18.4. The van der Waals surface area contributed by atoms with E-state index in [2.05, 4.69) is 10.6 Å². The van der Waals surface area contributed by atoms with Gasteiger partial charge in [-0.2, -0.15) is 0 Å². The number of anilines is 2. The molecule has 0 radical (unpaired) electrons. The van der Waals surface area contributed by atoms with Crippen LogP contribution in [0.4, 0.5) is 16.2 Å².